The first-order chi connectivity index (χ1) is 6.02. The summed E-state index contributed by atoms with van der Waals surface area (Å²) in [6.07, 6.45) is 1.26. The van der Waals surface area contributed by atoms with Crippen LogP contribution in [0, 0.1) is 17.0 Å². The number of imidazole rings is 1. The smallest absolute Gasteiger partial charge is 0.343 e. The number of aromatic nitrogens is 2. The quantitative estimate of drug-likeness (QED) is 0.405. The van der Waals surface area contributed by atoms with E-state index < -0.39 is 4.92 Å². The van der Waals surface area contributed by atoms with Gasteiger partial charge in [-0.05, 0) is 17.4 Å². The molecular weight excluding hydrogens is 170 g/mol. The summed E-state index contributed by atoms with van der Waals surface area (Å²) in [5.41, 5.74) is 0.865. The Balaban J connectivity index is 3.08. The predicted octanol–water partition coefficient (Wildman–Crippen LogP) is 1.68. The van der Waals surface area contributed by atoms with E-state index >= 15 is 0 Å². The highest BCUT2D eigenvalue weighted by atomic mass is 16.6. The molecule has 0 saturated heterocycles. The van der Waals surface area contributed by atoms with Crippen molar-refractivity contribution in [1.82, 2.24) is 9.55 Å². The molecule has 1 aromatic heterocycles. The molecule has 1 aromatic rings. The normalized spacial score (nSPS) is 10.0. The Morgan fingerprint density at radius 3 is 2.92 bits per heavy atom. The minimum atomic E-state index is -0.442. The topological polar surface area (TPSA) is 61.0 Å². The monoisotopic (exact) mass is 181 g/mol. The van der Waals surface area contributed by atoms with Crippen molar-refractivity contribution in [3.05, 3.63) is 34.3 Å². The molecule has 0 unspecified atom stereocenters. The van der Waals surface area contributed by atoms with Crippen molar-refractivity contribution in [1.29, 1.82) is 0 Å². The van der Waals surface area contributed by atoms with Crippen LogP contribution in [0.3, 0.4) is 0 Å². The average Bonchev–Trinajstić information content (AvgIpc) is 2.32. The van der Waals surface area contributed by atoms with Crippen LogP contribution in [-0.4, -0.2) is 14.5 Å². The molecule has 5 heteroatoms. The Kier molecular flexibility index (Phi) is 2.46. The highest BCUT2D eigenvalue weighted by Gasteiger charge is 2.16. The standard InChI is InChI=1S/C8H11N3O2/c1-6(2)5-10-7(3)9-4-8(10)11(12)13/h4H,1,5H2,2-3H3. The fourth-order valence-electron chi connectivity index (χ4n) is 1.07. The summed E-state index contributed by atoms with van der Waals surface area (Å²) in [6.45, 7) is 7.70. The third-order valence-corrected chi connectivity index (χ3v) is 1.65. The fraction of sp³-hybridized carbons (Fsp3) is 0.375. The zero-order valence-electron chi connectivity index (χ0n) is 7.65. The molecule has 0 radical (unpaired) electrons. The number of allylic oxidation sites excluding steroid dienone is 1. The number of hydrogen-bond donors (Lipinski definition) is 0. The van der Waals surface area contributed by atoms with E-state index in [2.05, 4.69) is 11.6 Å². The molecule has 5 nitrogen and oxygen atoms in total. The van der Waals surface area contributed by atoms with Gasteiger partial charge in [-0.1, -0.05) is 6.58 Å². The van der Waals surface area contributed by atoms with E-state index in [4.69, 9.17) is 0 Å². The van der Waals surface area contributed by atoms with Crippen LogP contribution in [0.1, 0.15) is 12.7 Å². The molecule has 70 valence electrons. The van der Waals surface area contributed by atoms with Gasteiger partial charge in [0, 0.05) is 6.92 Å². The summed E-state index contributed by atoms with van der Waals surface area (Å²) in [5, 5.41) is 10.5. The summed E-state index contributed by atoms with van der Waals surface area (Å²) in [4.78, 5) is 14.0. The van der Waals surface area contributed by atoms with Gasteiger partial charge in [0.05, 0.1) is 0 Å². The maximum atomic E-state index is 10.5. The van der Waals surface area contributed by atoms with E-state index in [1.807, 2.05) is 6.92 Å². The molecule has 0 amide bonds. The summed E-state index contributed by atoms with van der Waals surface area (Å²) < 4.78 is 1.53. The Hall–Kier alpha value is -1.65. The van der Waals surface area contributed by atoms with E-state index in [-0.39, 0.29) is 5.82 Å². The maximum Gasteiger partial charge on any atom is 0.343 e. The molecule has 1 rings (SSSR count). The number of hydrogen-bond acceptors (Lipinski definition) is 3. The fourth-order valence-corrected chi connectivity index (χ4v) is 1.07. The molecule has 13 heavy (non-hydrogen) atoms. The van der Waals surface area contributed by atoms with E-state index in [0.717, 1.165) is 5.57 Å². The summed E-state index contributed by atoms with van der Waals surface area (Å²) in [5.74, 6) is 0.648. The molecule has 0 aliphatic heterocycles. The highest BCUT2D eigenvalue weighted by Crippen LogP contribution is 2.14. The third kappa shape index (κ3) is 1.93. The molecule has 0 aromatic carbocycles. The molecule has 0 saturated carbocycles. The second-order valence-corrected chi connectivity index (χ2v) is 2.96. The Morgan fingerprint density at radius 2 is 2.46 bits per heavy atom. The first-order valence-corrected chi connectivity index (χ1v) is 3.83. The van der Waals surface area contributed by atoms with Crippen molar-refractivity contribution in [2.45, 2.75) is 20.4 Å². The van der Waals surface area contributed by atoms with E-state index in [9.17, 15) is 10.1 Å². The van der Waals surface area contributed by atoms with Gasteiger partial charge < -0.3 is 10.1 Å². The Bertz CT molecular complexity index is 354. The van der Waals surface area contributed by atoms with Gasteiger partial charge in [-0.2, -0.15) is 0 Å². The average molecular weight is 181 g/mol. The summed E-state index contributed by atoms with van der Waals surface area (Å²) in [7, 11) is 0. The summed E-state index contributed by atoms with van der Waals surface area (Å²) >= 11 is 0. The highest BCUT2D eigenvalue weighted by molar-refractivity contribution is 5.20. The van der Waals surface area contributed by atoms with Crippen molar-refractivity contribution in [3.8, 4) is 0 Å². The van der Waals surface area contributed by atoms with Crippen LogP contribution < -0.4 is 0 Å². The number of nitro groups is 1. The second-order valence-electron chi connectivity index (χ2n) is 2.96. The van der Waals surface area contributed by atoms with Crippen LogP contribution in [0.4, 0.5) is 5.82 Å². The van der Waals surface area contributed by atoms with Crippen molar-refractivity contribution >= 4 is 5.82 Å². The lowest BCUT2D eigenvalue weighted by Gasteiger charge is -2.01. The van der Waals surface area contributed by atoms with Gasteiger partial charge in [-0.15, -0.1) is 0 Å². The predicted molar refractivity (Wildman–Crippen MR) is 48.4 cm³/mol. The van der Waals surface area contributed by atoms with E-state index in [1.165, 1.54) is 10.8 Å². The van der Waals surface area contributed by atoms with Crippen LogP contribution in [0.5, 0.6) is 0 Å². The lowest BCUT2D eigenvalue weighted by atomic mass is 10.3. The first-order valence-electron chi connectivity index (χ1n) is 3.83. The Labute approximate surface area is 75.9 Å². The minimum Gasteiger partial charge on any atom is -0.358 e. The van der Waals surface area contributed by atoms with Crippen molar-refractivity contribution < 1.29 is 4.92 Å². The molecule has 0 fully saturated rings. The van der Waals surface area contributed by atoms with Crippen LogP contribution in [0.15, 0.2) is 18.3 Å². The zero-order chi connectivity index (χ0) is 10.0. The van der Waals surface area contributed by atoms with Gasteiger partial charge in [-0.25, -0.2) is 9.55 Å². The maximum absolute atomic E-state index is 10.5. The number of nitrogens with zero attached hydrogens (tertiary/aromatic N) is 3. The molecule has 0 aliphatic carbocycles. The van der Waals surface area contributed by atoms with E-state index in [1.54, 1.807) is 6.92 Å². The van der Waals surface area contributed by atoms with Gasteiger partial charge in [-0.3, -0.25) is 0 Å². The minimum absolute atomic E-state index is 0.0144. The van der Waals surface area contributed by atoms with E-state index in [0.29, 0.717) is 12.4 Å². The van der Waals surface area contributed by atoms with Gasteiger partial charge in [0.15, 0.2) is 5.82 Å². The largest absolute Gasteiger partial charge is 0.358 e. The number of aryl methyl sites for hydroxylation is 1. The molecule has 1 heterocycles. The van der Waals surface area contributed by atoms with Gasteiger partial charge in [0.1, 0.15) is 12.7 Å². The van der Waals surface area contributed by atoms with Crippen LogP contribution in [0.25, 0.3) is 0 Å². The van der Waals surface area contributed by atoms with Crippen LogP contribution in [-0.2, 0) is 6.54 Å². The second kappa shape index (κ2) is 3.38. The molecule has 0 N–H and O–H groups in total. The summed E-state index contributed by atoms with van der Waals surface area (Å²) in [6, 6.07) is 0. The first kappa shape index (κ1) is 9.44. The van der Waals surface area contributed by atoms with Crippen LogP contribution in [0.2, 0.25) is 0 Å². The lowest BCUT2D eigenvalue weighted by Crippen LogP contribution is -2.05. The number of rotatable bonds is 3. The molecular formula is C8H11N3O2. The van der Waals surface area contributed by atoms with Crippen molar-refractivity contribution in [3.63, 3.8) is 0 Å². The van der Waals surface area contributed by atoms with Gasteiger partial charge in [0.2, 0.25) is 0 Å². The lowest BCUT2D eigenvalue weighted by molar-refractivity contribution is -0.392. The Morgan fingerprint density at radius 1 is 1.85 bits per heavy atom. The van der Waals surface area contributed by atoms with Gasteiger partial charge >= 0.3 is 5.82 Å². The van der Waals surface area contributed by atoms with Crippen LogP contribution >= 0.6 is 0 Å². The molecule has 0 atom stereocenters. The SMILES string of the molecule is C=C(C)Cn1c([N+](=O)[O-])cnc1C. The molecule has 0 aliphatic rings. The van der Waals surface area contributed by atoms with Crippen molar-refractivity contribution in [2.24, 2.45) is 0 Å². The third-order valence-electron chi connectivity index (χ3n) is 1.65. The molecule has 0 spiro atoms. The zero-order valence-corrected chi connectivity index (χ0v) is 7.65. The molecule has 0 bridgehead atoms. The van der Waals surface area contributed by atoms with Gasteiger partial charge in [0.25, 0.3) is 0 Å². The van der Waals surface area contributed by atoms with Crippen molar-refractivity contribution in [2.75, 3.05) is 0 Å².